The van der Waals surface area contributed by atoms with Crippen LogP contribution in [0.15, 0.2) is 12.7 Å². The molecule has 1 aliphatic rings. The summed E-state index contributed by atoms with van der Waals surface area (Å²) in [7, 11) is -3.26. The lowest BCUT2D eigenvalue weighted by molar-refractivity contribution is -0.0567. The van der Waals surface area contributed by atoms with Crippen LogP contribution in [0.2, 0.25) is 0 Å². The highest BCUT2D eigenvalue weighted by Gasteiger charge is 2.30. The van der Waals surface area contributed by atoms with E-state index >= 15 is 0 Å². The molecule has 0 spiro atoms. The average molecular weight is 233 g/mol. The molecule has 88 valence electrons. The molecule has 1 aliphatic heterocycles. The lowest BCUT2D eigenvalue weighted by Crippen LogP contribution is -2.48. The molecule has 0 bridgehead atoms. The van der Waals surface area contributed by atoms with Gasteiger partial charge in [0.25, 0.3) is 0 Å². The second-order valence-corrected chi connectivity index (χ2v) is 6.09. The summed E-state index contributed by atoms with van der Waals surface area (Å²) in [6, 6.07) is 0. The van der Waals surface area contributed by atoms with Crippen LogP contribution in [0, 0.1) is 5.92 Å². The number of hydrogen-bond acceptors (Lipinski definition) is 3. The van der Waals surface area contributed by atoms with E-state index in [9.17, 15) is 8.42 Å². The molecule has 0 aromatic carbocycles. The van der Waals surface area contributed by atoms with E-state index in [0.29, 0.717) is 13.0 Å². The number of hydrogen-bond donors (Lipinski definition) is 1. The molecule has 3 atom stereocenters. The van der Waals surface area contributed by atoms with E-state index in [1.165, 1.54) is 0 Å². The molecule has 1 saturated heterocycles. The number of nitrogens with one attached hydrogen (secondary N) is 1. The van der Waals surface area contributed by atoms with Crippen LogP contribution in [0.5, 0.6) is 0 Å². The fourth-order valence-corrected chi connectivity index (χ4v) is 2.87. The first-order valence-corrected chi connectivity index (χ1v) is 6.75. The molecule has 0 saturated carbocycles. The Kier molecular flexibility index (Phi) is 4.31. The van der Waals surface area contributed by atoms with E-state index in [-0.39, 0.29) is 12.1 Å². The minimum absolute atomic E-state index is 0.0695. The van der Waals surface area contributed by atoms with Gasteiger partial charge in [-0.15, -0.1) is 6.58 Å². The van der Waals surface area contributed by atoms with Crippen molar-refractivity contribution in [3.63, 3.8) is 0 Å². The number of sulfonamides is 1. The van der Waals surface area contributed by atoms with Gasteiger partial charge >= 0.3 is 0 Å². The van der Waals surface area contributed by atoms with Crippen LogP contribution in [-0.2, 0) is 14.8 Å². The van der Waals surface area contributed by atoms with Crippen molar-refractivity contribution in [3.05, 3.63) is 12.7 Å². The largest absolute Gasteiger partial charge is 0.362 e. The molecular formula is C10H19NO3S. The van der Waals surface area contributed by atoms with Crippen molar-refractivity contribution in [2.24, 2.45) is 5.92 Å². The van der Waals surface area contributed by atoms with E-state index in [4.69, 9.17) is 4.74 Å². The summed E-state index contributed by atoms with van der Waals surface area (Å²) >= 11 is 0. The summed E-state index contributed by atoms with van der Waals surface area (Å²) in [6.07, 6.45) is 2.90. The molecule has 0 aliphatic carbocycles. The zero-order valence-electron chi connectivity index (χ0n) is 9.27. The molecule has 15 heavy (non-hydrogen) atoms. The Morgan fingerprint density at radius 1 is 1.60 bits per heavy atom. The first-order valence-electron chi connectivity index (χ1n) is 5.21. The highest BCUT2D eigenvalue weighted by Crippen LogP contribution is 2.18. The van der Waals surface area contributed by atoms with Crippen LogP contribution in [0.4, 0.5) is 0 Å². The van der Waals surface area contributed by atoms with Crippen molar-refractivity contribution >= 4 is 10.0 Å². The molecule has 1 fully saturated rings. The van der Waals surface area contributed by atoms with Crippen LogP contribution >= 0.6 is 0 Å². The Labute approximate surface area is 91.8 Å². The van der Waals surface area contributed by atoms with Gasteiger partial charge in [0, 0.05) is 6.42 Å². The van der Waals surface area contributed by atoms with E-state index in [0.717, 1.165) is 6.42 Å². The predicted octanol–water partition coefficient (Wildman–Crippen LogP) is 1.25. The number of rotatable bonds is 6. The van der Waals surface area contributed by atoms with Crippen LogP contribution in [0.25, 0.3) is 0 Å². The Bertz CT molecular complexity index is 309. The van der Waals surface area contributed by atoms with Gasteiger partial charge in [-0.05, 0) is 19.3 Å². The minimum Gasteiger partial charge on any atom is -0.362 e. The maximum absolute atomic E-state index is 11.8. The maximum Gasteiger partial charge on any atom is 0.216 e. The fraction of sp³-hybridized carbons (Fsp3) is 0.800. The van der Waals surface area contributed by atoms with Gasteiger partial charge in [-0.25, -0.2) is 8.42 Å². The zero-order chi connectivity index (χ0) is 11.5. The van der Waals surface area contributed by atoms with Gasteiger partial charge in [-0.2, -0.15) is 4.72 Å². The predicted molar refractivity (Wildman–Crippen MR) is 59.9 cm³/mol. The van der Waals surface area contributed by atoms with E-state index in [2.05, 4.69) is 11.3 Å². The SMILES string of the molecule is C=CC[C@@H](C)[C@@H](C)S(=O)(=O)N[C@H]1CCO1. The number of ether oxygens (including phenoxy) is 1. The standard InChI is InChI=1S/C10H19NO3S/c1-4-5-8(2)9(3)15(12,13)11-10-6-7-14-10/h4,8-11H,1,5-7H2,2-3H3/t8-,9-,10-/m1/s1. The monoisotopic (exact) mass is 233 g/mol. The van der Waals surface area contributed by atoms with Crippen molar-refractivity contribution in [2.45, 2.75) is 38.2 Å². The van der Waals surface area contributed by atoms with Gasteiger partial charge in [-0.3, -0.25) is 0 Å². The minimum atomic E-state index is -3.26. The van der Waals surface area contributed by atoms with Gasteiger partial charge < -0.3 is 4.74 Å². The van der Waals surface area contributed by atoms with Gasteiger partial charge in [-0.1, -0.05) is 13.0 Å². The molecule has 0 radical (unpaired) electrons. The average Bonchev–Trinajstić information content (AvgIpc) is 2.11. The summed E-state index contributed by atoms with van der Waals surface area (Å²) in [4.78, 5) is 0. The molecule has 0 aromatic heterocycles. The molecular weight excluding hydrogens is 214 g/mol. The molecule has 1 rings (SSSR count). The van der Waals surface area contributed by atoms with Crippen LogP contribution in [0.1, 0.15) is 26.7 Å². The first-order chi connectivity index (χ1) is 6.97. The molecule has 1 heterocycles. The molecule has 4 nitrogen and oxygen atoms in total. The summed E-state index contributed by atoms with van der Waals surface area (Å²) in [5.74, 6) is 0.0695. The fourth-order valence-electron chi connectivity index (χ4n) is 1.38. The third-order valence-electron chi connectivity index (χ3n) is 2.82. The lowest BCUT2D eigenvalue weighted by atomic mass is 10.1. The van der Waals surface area contributed by atoms with Crippen molar-refractivity contribution in [1.29, 1.82) is 0 Å². The smallest absolute Gasteiger partial charge is 0.216 e. The topological polar surface area (TPSA) is 55.4 Å². The van der Waals surface area contributed by atoms with Gasteiger partial charge in [0.05, 0.1) is 11.9 Å². The summed E-state index contributed by atoms with van der Waals surface area (Å²) in [6.45, 7) is 7.88. The van der Waals surface area contributed by atoms with Crippen molar-refractivity contribution < 1.29 is 13.2 Å². The third kappa shape index (κ3) is 3.29. The Morgan fingerprint density at radius 2 is 2.20 bits per heavy atom. The van der Waals surface area contributed by atoms with Crippen LogP contribution in [0.3, 0.4) is 0 Å². The number of allylic oxidation sites excluding steroid dienone is 1. The zero-order valence-corrected chi connectivity index (χ0v) is 10.1. The highest BCUT2D eigenvalue weighted by molar-refractivity contribution is 7.90. The van der Waals surface area contributed by atoms with E-state index < -0.39 is 15.3 Å². The van der Waals surface area contributed by atoms with Crippen LogP contribution in [-0.4, -0.2) is 26.5 Å². The lowest BCUT2D eigenvalue weighted by Gasteiger charge is -2.29. The van der Waals surface area contributed by atoms with Crippen LogP contribution < -0.4 is 4.72 Å². The second-order valence-electron chi connectivity index (χ2n) is 4.02. The van der Waals surface area contributed by atoms with Gasteiger partial charge in [0.15, 0.2) is 0 Å². The van der Waals surface area contributed by atoms with Crippen molar-refractivity contribution in [1.82, 2.24) is 4.72 Å². The molecule has 0 unspecified atom stereocenters. The quantitative estimate of drug-likeness (QED) is 0.703. The van der Waals surface area contributed by atoms with Gasteiger partial charge in [0.1, 0.15) is 6.23 Å². The second kappa shape index (κ2) is 5.09. The Hall–Kier alpha value is -0.390. The van der Waals surface area contributed by atoms with E-state index in [1.54, 1.807) is 13.0 Å². The Balaban J connectivity index is 2.54. The summed E-state index contributed by atoms with van der Waals surface area (Å²) in [5, 5.41) is -0.417. The van der Waals surface area contributed by atoms with Gasteiger partial charge in [0.2, 0.25) is 10.0 Å². The normalized spacial score (nSPS) is 25.3. The first kappa shape index (κ1) is 12.7. The van der Waals surface area contributed by atoms with Crippen molar-refractivity contribution in [3.8, 4) is 0 Å². The van der Waals surface area contributed by atoms with Crippen molar-refractivity contribution in [2.75, 3.05) is 6.61 Å². The Morgan fingerprint density at radius 3 is 2.60 bits per heavy atom. The molecule has 0 aromatic rings. The molecule has 5 heteroatoms. The highest BCUT2D eigenvalue weighted by atomic mass is 32.2. The molecule has 0 amide bonds. The molecule has 1 N–H and O–H groups in total. The van der Waals surface area contributed by atoms with E-state index in [1.807, 2.05) is 6.92 Å². The maximum atomic E-state index is 11.8. The summed E-state index contributed by atoms with van der Waals surface area (Å²) < 4.78 is 31.2. The summed E-state index contributed by atoms with van der Waals surface area (Å²) in [5.41, 5.74) is 0. The third-order valence-corrected chi connectivity index (χ3v) is 4.86.